The molecule has 3 amide bonds. The summed E-state index contributed by atoms with van der Waals surface area (Å²) in [7, 11) is 3.24. The second-order valence-electron chi connectivity index (χ2n) is 13.2. The Labute approximate surface area is 267 Å². The number of tetrazole rings is 1. The first kappa shape index (κ1) is 30.0. The quantitative estimate of drug-likeness (QED) is 0.281. The van der Waals surface area contributed by atoms with Crippen LogP contribution in [0.5, 0.6) is 0 Å². The van der Waals surface area contributed by atoms with E-state index in [1.54, 1.807) is 19.0 Å². The summed E-state index contributed by atoms with van der Waals surface area (Å²) >= 11 is 0. The Balaban J connectivity index is 1.33. The van der Waals surface area contributed by atoms with Gasteiger partial charge in [-0.05, 0) is 103 Å². The number of nitriles is 1. The second kappa shape index (κ2) is 11.9. The van der Waals surface area contributed by atoms with E-state index in [1.165, 1.54) is 0 Å². The average Bonchev–Trinajstić information content (AvgIpc) is 3.44. The minimum absolute atomic E-state index is 0.0263. The zero-order chi connectivity index (χ0) is 32.0. The van der Waals surface area contributed by atoms with Crippen LogP contribution in [0.2, 0.25) is 0 Å². The number of H-pyrrole nitrogens is 1. The number of nitrogens with zero attached hydrogens (tertiary/aromatic N) is 5. The molecule has 3 fully saturated rings. The van der Waals surface area contributed by atoms with E-state index in [-0.39, 0.29) is 42.4 Å². The van der Waals surface area contributed by atoms with E-state index in [4.69, 9.17) is 0 Å². The van der Waals surface area contributed by atoms with E-state index in [0.717, 1.165) is 54.4 Å². The molecule has 4 N–H and O–H groups in total. The largest absolute Gasteiger partial charge is 0.355 e. The van der Waals surface area contributed by atoms with Gasteiger partial charge in [0, 0.05) is 37.3 Å². The smallest absolute Gasteiger partial charge is 0.251 e. The molecule has 12 heteroatoms. The lowest BCUT2D eigenvalue weighted by Gasteiger charge is -2.42. The van der Waals surface area contributed by atoms with E-state index >= 15 is 0 Å². The van der Waals surface area contributed by atoms with Gasteiger partial charge >= 0.3 is 0 Å². The molecule has 3 aliphatic carbocycles. The summed E-state index contributed by atoms with van der Waals surface area (Å²) in [5.41, 5.74) is 4.20. The maximum absolute atomic E-state index is 13.6. The second-order valence-corrected chi connectivity index (χ2v) is 13.2. The third-order valence-electron chi connectivity index (χ3n) is 10.8. The van der Waals surface area contributed by atoms with Crippen LogP contribution >= 0.6 is 0 Å². The molecule has 7 rings (SSSR count). The van der Waals surface area contributed by atoms with Gasteiger partial charge in [0.15, 0.2) is 5.82 Å². The maximum Gasteiger partial charge on any atom is 0.251 e. The first-order valence-electron chi connectivity index (χ1n) is 16.3. The number of piperidine rings is 1. The number of nitrogens with one attached hydrogen (secondary N) is 4. The Morgan fingerprint density at radius 1 is 1.02 bits per heavy atom. The number of hydrogen-bond acceptors (Lipinski definition) is 8. The van der Waals surface area contributed by atoms with Crippen molar-refractivity contribution < 1.29 is 14.4 Å². The Bertz CT molecular complexity index is 1640. The Morgan fingerprint density at radius 3 is 2.20 bits per heavy atom. The third-order valence-corrected chi connectivity index (χ3v) is 10.8. The maximum atomic E-state index is 13.6. The molecule has 3 aromatic rings. The van der Waals surface area contributed by atoms with Crippen LogP contribution in [0.4, 0.5) is 0 Å². The fraction of sp³-hybridized carbons (Fsp3) is 0.500. The molecule has 0 spiro atoms. The molecule has 0 radical (unpaired) electrons. The molecule has 1 aliphatic heterocycles. The number of benzene rings is 2. The van der Waals surface area contributed by atoms with Gasteiger partial charge in [-0.2, -0.15) is 10.5 Å². The third kappa shape index (κ3) is 5.03. The number of hydrogen-bond donors (Lipinski definition) is 4. The number of likely N-dealkylation sites (tertiary alicyclic amines) is 1. The van der Waals surface area contributed by atoms with Gasteiger partial charge in [-0.25, -0.2) is 0 Å². The molecule has 2 saturated carbocycles. The fourth-order valence-corrected chi connectivity index (χ4v) is 8.13. The predicted molar refractivity (Wildman–Crippen MR) is 168 cm³/mol. The highest BCUT2D eigenvalue weighted by molar-refractivity contribution is 5.95. The van der Waals surface area contributed by atoms with Crippen LogP contribution in [-0.4, -0.2) is 82.0 Å². The van der Waals surface area contributed by atoms with Crippen molar-refractivity contribution in [3.05, 3.63) is 75.6 Å². The summed E-state index contributed by atoms with van der Waals surface area (Å²) in [5.74, 6) is 0.928. The van der Waals surface area contributed by atoms with Gasteiger partial charge in [-0.1, -0.05) is 23.8 Å². The summed E-state index contributed by atoms with van der Waals surface area (Å²) in [6.45, 7) is 0.149. The van der Waals surface area contributed by atoms with Crippen LogP contribution in [0.25, 0.3) is 0 Å². The Hall–Kier alpha value is -4.63. The van der Waals surface area contributed by atoms with Crippen LogP contribution in [0, 0.1) is 23.2 Å². The first-order valence-corrected chi connectivity index (χ1v) is 16.3. The molecule has 46 heavy (non-hydrogen) atoms. The van der Waals surface area contributed by atoms with Gasteiger partial charge in [-0.3, -0.25) is 14.4 Å². The van der Waals surface area contributed by atoms with Crippen LogP contribution < -0.4 is 16.0 Å². The van der Waals surface area contributed by atoms with E-state index < -0.39 is 5.41 Å². The van der Waals surface area contributed by atoms with Crippen molar-refractivity contribution in [2.75, 3.05) is 20.6 Å². The van der Waals surface area contributed by atoms with E-state index in [0.29, 0.717) is 48.0 Å². The van der Waals surface area contributed by atoms with E-state index in [9.17, 15) is 19.6 Å². The molecule has 1 aromatic heterocycles. The standard InChI is InChI=1S/C34H39N9O3/c1-36-31(45)22-8-10-26-20(12-22)6-7-21-13-23(32(46)37-2)9-11-27(21)34(26,33-39-41-42-40-33)16-28(19-4-3-5-19)38-18-30(44)43-25(17-35)14-24-15-29(24)43/h8-13,19,24-25,28-29,38H,3-7,14-16,18H2,1-2H3,(H,36,45)(H,37,46)(H,39,40,41,42)/t24-,25?,28+,29+/m1/s1. The van der Waals surface area contributed by atoms with Crippen LogP contribution in [0.1, 0.15) is 87.3 Å². The van der Waals surface area contributed by atoms with E-state index in [1.807, 2.05) is 36.4 Å². The highest BCUT2D eigenvalue weighted by Gasteiger charge is 2.54. The molecule has 4 atom stereocenters. The van der Waals surface area contributed by atoms with Crippen molar-refractivity contribution >= 4 is 17.7 Å². The minimum Gasteiger partial charge on any atom is -0.355 e. The van der Waals surface area contributed by atoms with Gasteiger partial charge in [-0.15, -0.1) is 10.2 Å². The monoisotopic (exact) mass is 621 g/mol. The normalized spacial score (nSPS) is 23.1. The number of rotatable bonds is 9. The van der Waals surface area contributed by atoms with Gasteiger partial charge in [0.05, 0.1) is 18.0 Å². The lowest BCUT2D eigenvalue weighted by molar-refractivity contribution is -0.131. The summed E-state index contributed by atoms with van der Waals surface area (Å²) in [6.07, 6.45) is 6.79. The Morgan fingerprint density at radius 2 is 1.67 bits per heavy atom. The lowest BCUT2D eigenvalue weighted by atomic mass is 9.64. The molecule has 2 aromatic carbocycles. The van der Waals surface area contributed by atoms with Crippen molar-refractivity contribution in [3.8, 4) is 6.07 Å². The Kier molecular flexibility index (Phi) is 7.80. The lowest BCUT2D eigenvalue weighted by Crippen LogP contribution is -2.50. The van der Waals surface area contributed by atoms with E-state index in [2.05, 4.69) is 42.6 Å². The average molecular weight is 622 g/mol. The van der Waals surface area contributed by atoms with Gasteiger partial charge in [0.25, 0.3) is 11.8 Å². The van der Waals surface area contributed by atoms with Crippen molar-refractivity contribution in [1.29, 1.82) is 5.26 Å². The van der Waals surface area contributed by atoms with Crippen LogP contribution in [0.15, 0.2) is 36.4 Å². The SMILES string of the molecule is CNC(=O)c1ccc2c(c1)CCc1cc(C(=O)NC)ccc1C2(C[C@H](NCC(=O)N1C(C#N)C[C@@H]2C[C@@H]21)C1CCC1)c1nn[nH]n1. The molecule has 4 aliphatic rings. The fourth-order valence-electron chi connectivity index (χ4n) is 8.13. The number of carbonyl (C=O) groups is 3. The molecule has 1 saturated heterocycles. The van der Waals surface area contributed by atoms with Crippen LogP contribution in [-0.2, 0) is 23.1 Å². The molecular weight excluding hydrogens is 582 g/mol. The van der Waals surface area contributed by atoms with Gasteiger partial charge < -0.3 is 20.9 Å². The molecule has 0 bridgehead atoms. The summed E-state index contributed by atoms with van der Waals surface area (Å²) < 4.78 is 0. The van der Waals surface area contributed by atoms with Crippen molar-refractivity contribution in [2.45, 2.75) is 74.9 Å². The topological polar surface area (TPSA) is 169 Å². The molecular formula is C34H39N9O3. The molecule has 2 heterocycles. The van der Waals surface area contributed by atoms with Crippen molar-refractivity contribution in [1.82, 2.24) is 41.5 Å². The number of amides is 3. The number of fused-ring (bicyclic) bond motifs is 3. The zero-order valence-electron chi connectivity index (χ0n) is 26.2. The van der Waals surface area contributed by atoms with Crippen LogP contribution in [0.3, 0.4) is 0 Å². The number of aryl methyl sites for hydroxylation is 2. The number of carbonyl (C=O) groups excluding carboxylic acids is 3. The number of aromatic nitrogens is 4. The molecule has 238 valence electrons. The number of aromatic amines is 1. The van der Waals surface area contributed by atoms with Crippen molar-refractivity contribution in [3.63, 3.8) is 0 Å². The summed E-state index contributed by atoms with van der Waals surface area (Å²) in [4.78, 5) is 40.9. The summed E-state index contributed by atoms with van der Waals surface area (Å²) in [6, 6.07) is 13.7. The van der Waals surface area contributed by atoms with Gasteiger partial charge in [0.2, 0.25) is 5.91 Å². The molecule has 12 nitrogen and oxygen atoms in total. The van der Waals surface area contributed by atoms with Gasteiger partial charge in [0.1, 0.15) is 6.04 Å². The molecule has 1 unspecified atom stereocenters. The first-order chi connectivity index (χ1) is 22.4. The minimum atomic E-state index is -0.892. The highest BCUT2D eigenvalue weighted by Crippen LogP contribution is 2.50. The summed E-state index contributed by atoms with van der Waals surface area (Å²) in [5, 5.41) is 34.7. The predicted octanol–water partition coefficient (Wildman–Crippen LogP) is 2.01. The highest BCUT2D eigenvalue weighted by atomic mass is 16.2. The zero-order valence-corrected chi connectivity index (χ0v) is 26.2. The van der Waals surface area contributed by atoms with Crippen molar-refractivity contribution in [2.24, 2.45) is 11.8 Å².